The number of rotatable bonds is 6. The molecule has 90 valence electrons. The Bertz CT molecular complexity index is 321. The predicted octanol–water partition coefficient (Wildman–Crippen LogP) is 2.33. The standard InChI is InChI=1S/C13H20O3/c1-4-15-10-13(3,14)11-8-6-7-9-12(11)16-5-2/h6-9,14H,4-5,10H2,1-3H3. The van der Waals surface area contributed by atoms with Crippen LogP contribution in [0.5, 0.6) is 5.75 Å². The SMILES string of the molecule is CCOCC(C)(O)c1ccccc1OCC. The van der Waals surface area contributed by atoms with E-state index < -0.39 is 5.60 Å². The van der Waals surface area contributed by atoms with E-state index in [1.165, 1.54) is 0 Å². The van der Waals surface area contributed by atoms with E-state index in [0.29, 0.717) is 13.2 Å². The monoisotopic (exact) mass is 224 g/mol. The Morgan fingerprint density at radius 1 is 1.19 bits per heavy atom. The van der Waals surface area contributed by atoms with Gasteiger partial charge in [0.2, 0.25) is 0 Å². The van der Waals surface area contributed by atoms with Crippen molar-refractivity contribution in [3.63, 3.8) is 0 Å². The van der Waals surface area contributed by atoms with E-state index >= 15 is 0 Å². The van der Waals surface area contributed by atoms with Crippen LogP contribution in [-0.4, -0.2) is 24.9 Å². The summed E-state index contributed by atoms with van der Waals surface area (Å²) in [6.45, 7) is 7.02. The molecule has 0 saturated carbocycles. The topological polar surface area (TPSA) is 38.7 Å². The molecular weight excluding hydrogens is 204 g/mol. The molecule has 1 N–H and O–H groups in total. The highest BCUT2D eigenvalue weighted by Crippen LogP contribution is 2.30. The van der Waals surface area contributed by atoms with Crippen LogP contribution in [0.3, 0.4) is 0 Å². The highest BCUT2D eigenvalue weighted by molar-refractivity contribution is 5.37. The summed E-state index contributed by atoms with van der Waals surface area (Å²) in [5.74, 6) is 0.717. The molecule has 0 spiro atoms. The van der Waals surface area contributed by atoms with Gasteiger partial charge in [-0.05, 0) is 26.8 Å². The molecule has 0 radical (unpaired) electrons. The zero-order valence-corrected chi connectivity index (χ0v) is 10.2. The summed E-state index contributed by atoms with van der Waals surface area (Å²) < 4.78 is 10.8. The number of hydrogen-bond acceptors (Lipinski definition) is 3. The Labute approximate surface area is 97.0 Å². The van der Waals surface area contributed by atoms with E-state index in [4.69, 9.17) is 9.47 Å². The molecule has 3 heteroatoms. The Hall–Kier alpha value is -1.06. The average molecular weight is 224 g/mol. The molecule has 16 heavy (non-hydrogen) atoms. The van der Waals surface area contributed by atoms with Crippen molar-refractivity contribution in [3.8, 4) is 5.75 Å². The lowest BCUT2D eigenvalue weighted by Gasteiger charge is -2.25. The molecule has 1 rings (SSSR count). The fraction of sp³-hybridized carbons (Fsp3) is 0.538. The fourth-order valence-corrected chi connectivity index (χ4v) is 1.57. The zero-order chi connectivity index (χ0) is 12.0. The van der Waals surface area contributed by atoms with Crippen LogP contribution in [0.1, 0.15) is 26.3 Å². The molecule has 0 bridgehead atoms. The van der Waals surface area contributed by atoms with Crippen LogP contribution in [0.25, 0.3) is 0 Å². The lowest BCUT2D eigenvalue weighted by molar-refractivity contribution is -0.0358. The first kappa shape index (κ1) is 13.0. The van der Waals surface area contributed by atoms with Gasteiger partial charge in [-0.1, -0.05) is 18.2 Å². The maximum Gasteiger partial charge on any atom is 0.125 e. The Morgan fingerprint density at radius 3 is 2.50 bits per heavy atom. The van der Waals surface area contributed by atoms with Crippen LogP contribution in [0.15, 0.2) is 24.3 Å². The Kier molecular flexibility index (Phi) is 4.77. The molecule has 1 atom stereocenters. The molecule has 0 fully saturated rings. The molecular formula is C13H20O3. The third kappa shape index (κ3) is 3.22. The second-order valence-corrected chi connectivity index (χ2v) is 3.84. The summed E-state index contributed by atoms with van der Waals surface area (Å²) in [4.78, 5) is 0. The molecule has 0 aliphatic heterocycles. The molecule has 0 aromatic heterocycles. The van der Waals surface area contributed by atoms with Crippen molar-refractivity contribution in [3.05, 3.63) is 29.8 Å². The Morgan fingerprint density at radius 2 is 1.88 bits per heavy atom. The van der Waals surface area contributed by atoms with Crippen molar-refractivity contribution < 1.29 is 14.6 Å². The maximum absolute atomic E-state index is 10.3. The van der Waals surface area contributed by atoms with Crippen LogP contribution in [-0.2, 0) is 10.3 Å². The summed E-state index contributed by atoms with van der Waals surface area (Å²) in [7, 11) is 0. The first-order valence-electron chi connectivity index (χ1n) is 5.64. The van der Waals surface area contributed by atoms with E-state index in [9.17, 15) is 5.11 Å². The third-order valence-corrected chi connectivity index (χ3v) is 2.35. The minimum Gasteiger partial charge on any atom is -0.493 e. The van der Waals surface area contributed by atoms with Gasteiger partial charge < -0.3 is 14.6 Å². The minimum atomic E-state index is -1.01. The number of benzene rings is 1. The van der Waals surface area contributed by atoms with Crippen LogP contribution in [0.4, 0.5) is 0 Å². The predicted molar refractivity (Wildman–Crippen MR) is 63.7 cm³/mol. The van der Waals surface area contributed by atoms with Gasteiger partial charge in [0.05, 0.1) is 13.2 Å². The minimum absolute atomic E-state index is 0.271. The van der Waals surface area contributed by atoms with Gasteiger partial charge in [0.25, 0.3) is 0 Å². The van der Waals surface area contributed by atoms with Crippen LogP contribution in [0, 0.1) is 0 Å². The van der Waals surface area contributed by atoms with Gasteiger partial charge in [-0.2, -0.15) is 0 Å². The van der Waals surface area contributed by atoms with Crippen molar-refractivity contribution in [2.24, 2.45) is 0 Å². The van der Waals surface area contributed by atoms with Gasteiger partial charge in [0.15, 0.2) is 0 Å². The van der Waals surface area contributed by atoms with Gasteiger partial charge in [-0.25, -0.2) is 0 Å². The highest BCUT2D eigenvalue weighted by atomic mass is 16.5. The summed E-state index contributed by atoms with van der Waals surface area (Å²) in [5, 5.41) is 10.3. The first-order valence-corrected chi connectivity index (χ1v) is 5.64. The van der Waals surface area contributed by atoms with E-state index in [1.54, 1.807) is 6.92 Å². The molecule has 1 aromatic carbocycles. The normalized spacial score (nSPS) is 14.5. The smallest absolute Gasteiger partial charge is 0.125 e. The first-order chi connectivity index (χ1) is 7.61. The molecule has 1 aromatic rings. The van der Waals surface area contributed by atoms with E-state index in [0.717, 1.165) is 11.3 Å². The quantitative estimate of drug-likeness (QED) is 0.806. The van der Waals surface area contributed by atoms with Crippen molar-refractivity contribution >= 4 is 0 Å². The number of hydrogen-bond donors (Lipinski definition) is 1. The third-order valence-electron chi connectivity index (χ3n) is 2.35. The number of aliphatic hydroxyl groups is 1. The lowest BCUT2D eigenvalue weighted by Crippen LogP contribution is -2.28. The molecule has 0 heterocycles. The fourth-order valence-electron chi connectivity index (χ4n) is 1.57. The largest absolute Gasteiger partial charge is 0.493 e. The lowest BCUT2D eigenvalue weighted by atomic mass is 9.96. The molecule has 0 saturated heterocycles. The summed E-state index contributed by atoms with van der Waals surface area (Å²) in [6, 6.07) is 7.51. The molecule has 0 amide bonds. The second kappa shape index (κ2) is 5.87. The zero-order valence-electron chi connectivity index (χ0n) is 10.2. The van der Waals surface area contributed by atoms with E-state index in [-0.39, 0.29) is 6.61 Å². The van der Waals surface area contributed by atoms with Gasteiger partial charge >= 0.3 is 0 Å². The number of ether oxygens (including phenoxy) is 2. The van der Waals surface area contributed by atoms with Crippen LogP contribution < -0.4 is 4.74 Å². The van der Waals surface area contributed by atoms with Crippen molar-refractivity contribution in [1.29, 1.82) is 0 Å². The second-order valence-electron chi connectivity index (χ2n) is 3.84. The Balaban J connectivity index is 2.91. The van der Waals surface area contributed by atoms with Crippen LogP contribution in [0.2, 0.25) is 0 Å². The van der Waals surface area contributed by atoms with Gasteiger partial charge in [-0.15, -0.1) is 0 Å². The van der Waals surface area contributed by atoms with Gasteiger partial charge in [0.1, 0.15) is 11.4 Å². The molecule has 0 aliphatic rings. The summed E-state index contributed by atoms with van der Waals surface area (Å²) >= 11 is 0. The van der Waals surface area contributed by atoms with Gasteiger partial charge in [0, 0.05) is 12.2 Å². The van der Waals surface area contributed by atoms with Crippen molar-refractivity contribution in [2.75, 3.05) is 19.8 Å². The van der Waals surface area contributed by atoms with Crippen molar-refractivity contribution in [1.82, 2.24) is 0 Å². The number of para-hydroxylation sites is 1. The van der Waals surface area contributed by atoms with Gasteiger partial charge in [-0.3, -0.25) is 0 Å². The molecule has 1 unspecified atom stereocenters. The highest BCUT2D eigenvalue weighted by Gasteiger charge is 2.26. The van der Waals surface area contributed by atoms with Crippen LogP contribution >= 0.6 is 0 Å². The van der Waals surface area contributed by atoms with Crippen molar-refractivity contribution in [2.45, 2.75) is 26.4 Å². The average Bonchev–Trinajstić information content (AvgIpc) is 2.27. The maximum atomic E-state index is 10.3. The summed E-state index contributed by atoms with van der Waals surface area (Å²) in [6.07, 6.45) is 0. The van der Waals surface area contributed by atoms with E-state index in [2.05, 4.69) is 0 Å². The van der Waals surface area contributed by atoms with E-state index in [1.807, 2.05) is 38.1 Å². The molecule has 3 nitrogen and oxygen atoms in total. The summed E-state index contributed by atoms with van der Waals surface area (Å²) in [5.41, 5.74) is -0.243. The molecule has 0 aliphatic carbocycles.